The van der Waals surface area contributed by atoms with E-state index in [9.17, 15) is 0 Å². The monoisotopic (exact) mass is 327 g/mol. The third kappa shape index (κ3) is 658. The van der Waals surface area contributed by atoms with Gasteiger partial charge in [-0.2, -0.15) is 0 Å². The van der Waals surface area contributed by atoms with E-state index in [0.29, 0.717) is 0 Å². The van der Waals surface area contributed by atoms with Crippen molar-refractivity contribution in [2.45, 2.75) is 0 Å². The van der Waals surface area contributed by atoms with E-state index in [-0.39, 0.29) is 40.1 Å². The van der Waals surface area contributed by atoms with Gasteiger partial charge in [0.15, 0.2) is 0 Å². The van der Waals surface area contributed by atoms with Crippen LogP contribution < -0.4 is 0 Å². The Morgan fingerprint density at radius 2 is 0.444 bits per heavy atom. The molecule has 16 nitrogen and oxygen atoms in total. The average molecular weight is 327 g/mol. The first-order chi connectivity index (χ1) is 6.93. The first-order valence-electron chi connectivity index (χ1n) is 2.19. The van der Waals surface area contributed by atoms with Gasteiger partial charge in [-0.1, -0.05) is 0 Å². The smallest absolute Gasteiger partial charge is 0.356 e. The van der Waals surface area contributed by atoms with Crippen LogP contribution in [0.5, 0.6) is 0 Å². The van der Waals surface area contributed by atoms with Crippen molar-refractivity contribution in [1.29, 1.82) is 0 Å². The molecule has 0 atom stereocenters. The molecule has 0 rings (SSSR count). The summed E-state index contributed by atoms with van der Waals surface area (Å²) >= 11 is 0. The fourth-order valence-electron chi connectivity index (χ4n) is 0. The van der Waals surface area contributed by atoms with Crippen LogP contribution in [0.15, 0.2) is 0 Å². The molecule has 0 unspecified atom stereocenters. The minimum atomic E-state index is -1.75. The van der Waals surface area contributed by atoms with Crippen LogP contribution in [0.3, 0.4) is 0 Å². The van der Waals surface area contributed by atoms with Crippen molar-refractivity contribution in [3.63, 3.8) is 0 Å². The molecule has 0 saturated carbocycles. The fraction of sp³-hybridized carbons (Fsp3) is 0. The van der Waals surface area contributed by atoms with Crippen molar-refractivity contribution in [2.75, 3.05) is 0 Å². The summed E-state index contributed by atoms with van der Waals surface area (Å²) in [5, 5.41) is 59.0. The van der Waals surface area contributed by atoms with Crippen LogP contribution in [0.4, 0.5) is 0 Å². The minimum Gasteiger partial charge on any atom is -0.356 e. The van der Waals surface area contributed by atoms with Crippen LogP contribution in [-0.2, 0) is 17.1 Å². The fourth-order valence-corrected chi connectivity index (χ4v) is 0. The van der Waals surface area contributed by atoms with Crippen LogP contribution in [0.2, 0.25) is 0 Å². The van der Waals surface area contributed by atoms with Gasteiger partial charge in [0, 0.05) is 0 Å². The Balaban J connectivity index is -0.0000000257. The number of hydrogen-bond acceptors (Lipinski definition) is 12. The van der Waals surface area contributed by atoms with Gasteiger partial charge in [0.05, 0.1) is 20.3 Å². The molecule has 101 valence electrons. The molecule has 0 aromatic carbocycles. The summed E-state index contributed by atoms with van der Waals surface area (Å²) in [5.41, 5.74) is 0. The van der Waals surface area contributed by atoms with Crippen molar-refractivity contribution in [3.05, 3.63) is 61.3 Å². The Labute approximate surface area is 122 Å². The summed E-state index contributed by atoms with van der Waals surface area (Å²) in [6, 6.07) is 0. The molecule has 0 saturated heterocycles. The van der Waals surface area contributed by atoms with Gasteiger partial charge in [-0.3, -0.25) is 0 Å². The molecule has 18 heteroatoms. The molecule has 0 aromatic heterocycles. The van der Waals surface area contributed by atoms with E-state index in [0.717, 1.165) is 0 Å². The van der Waals surface area contributed by atoms with Gasteiger partial charge in [-0.05, 0) is 0 Å². The third-order valence-electron chi connectivity index (χ3n) is 0. The predicted octanol–water partition coefficient (Wildman–Crippen LogP) is -1.34. The molecule has 0 N–H and O–H groups in total. The topological polar surface area (TPSA) is 265 Å². The second kappa shape index (κ2) is 29.4. The molecule has 0 aliphatic heterocycles. The summed E-state index contributed by atoms with van der Waals surface area (Å²) in [7, 11) is 0. The Bertz CT molecular complexity index is 164. The predicted molar refractivity (Wildman–Crippen MR) is 47.2 cm³/mol. The normalized spacial score (nSPS) is 5.33. The van der Waals surface area contributed by atoms with Crippen molar-refractivity contribution < 1.29 is 37.4 Å². The van der Waals surface area contributed by atoms with Gasteiger partial charge in [0.2, 0.25) is 0 Å². The van der Waals surface area contributed by atoms with E-state index in [1.54, 1.807) is 0 Å². The summed E-state index contributed by atoms with van der Waals surface area (Å²) < 4.78 is 0. The zero-order valence-electron chi connectivity index (χ0n) is 7.77. The van der Waals surface area contributed by atoms with Gasteiger partial charge in [0.1, 0.15) is 0 Å². The molecule has 1 radical (unpaired) electrons. The number of hydrogen-bond donors (Lipinski definition) is 0. The zero-order valence-corrected chi connectivity index (χ0v) is 10.4. The average Bonchev–Trinajstić information content (AvgIpc) is 1.76. The van der Waals surface area contributed by atoms with E-state index in [4.69, 9.17) is 61.3 Å². The molecular weight excluding hydrogens is 327 g/mol. The quantitative estimate of drug-likeness (QED) is 0.284. The van der Waals surface area contributed by atoms with Crippen LogP contribution in [-0.4, -0.2) is 43.4 Å². The molecule has 18 heavy (non-hydrogen) atoms. The van der Waals surface area contributed by atoms with Gasteiger partial charge in [-0.15, -0.1) is 0 Å². The second-order valence-electron chi connectivity index (χ2n) is 0.894. The van der Waals surface area contributed by atoms with Gasteiger partial charge >= 0.3 is 40.1 Å². The molecule has 0 spiro atoms. The summed E-state index contributed by atoms with van der Waals surface area (Å²) in [4.78, 5) is 33.0. The van der Waals surface area contributed by atoms with Crippen LogP contribution in [0.1, 0.15) is 0 Å². The van der Waals surface area contributed by atoms with E-state index in [1.807, 2.05) is 0 Å². The summed E-state index contributed by atoms with van der Waals surface area (Å²) in [6.45, 7) is 0. The van der Waals surface area contributed by atoms with Crippen LogP contribution >= 0.6 is 0 Å². The molecular formula is MgMnN4O12. The number of rotatable bonds is 0. The molecule has 0 fully saturated rings. The van der Waals surface area contributed by atoms with Crippen molar-refractivity contribution in [3.8, 4) is 0 Å². The van der Waals surface area contributed by atoms with Crippen LogP contribution in [0.25, 0.3) is 0 Å². The maximum Gasteiger partial charge on any atom is 2.00 e. The Morgan fingerprint density at radius 3 is 0.444 bits per heavy atom. The largest absolute Gasteiger partial charge is 2.00 e. The summed E-state index contributed by atoms with van der Waals surface area (Å²) in [5.74, 6) is 0. The zero-order chi connectivity index (χ0) is 14.3. The van der Waals surface area contributed by atoms with E-state index in [1.165, 1.54) is 0 Å². The Kier molecular flexibility index (Phi) is 58.8. The van der Waals surface area contributed by atoms with E-state index < -0.39 is 20.3 Å². The SMILES string of the molecule is O=[N+]([O-])[O-].O=[N+]([O-])[O-].O=[N+]([O-])[O-].O=[N+]([O-])[O-].[Mg+2].[Mn+2]. The number of nitrogens with zero attached hydrogens (tertiary/aromatic N) is 4. The van der Waals surface area contributed by atoms with Crippen molar-refractivity contribution in [2.24, 2.45) is 0 Å². The Hall–Kier alpha value is -1.91. The van der Waals surface area contributed by atoms with Gasteiger partial charge < -0.3 is 61.3 Å². The maximum absolute atomic E-state index is 8.25. The first-order valence-corrected chi connectivity index (χ1v) is 2.19. The van der Waals surface area contributed by atoms with Crippen molar-refractivity contribution in [1.82, 2.24) is 0 Å². The first kappa shape index (κ1) is 36.0. The minimum absolute atomic E-state index is 0. The second-order valence-corrected chi connectivity index (χ2v) is 0.894. The molecule has 0 aromatic rings. The molecule has 0 heterocycles. The standard InChI is InChI=1S/Mg.Mn.4NO3/c;;4*2-1(3)4/q2*+2;4*-1. The maximum atomic E-state index is 8.25. The van der Waals surface area contributed by atoms with Gasteiger partial charge in [0.25, 0.3) is 0 Å². The molecule has 0 amide bonds. The van der Waals surface area contributed by atoms with E-state index >= 15 is 0 Å². The molecule has 0 aliphatic carbocycles. The van der Waals surface area contributed by atoms with Gasteiger partial charge in [-0.25, -0.2) is 0 Å². The van der Waals surface area contributed by atoms with Crippen LogP contribution in [0, 0.1) is 61.3 Å². The third-order valence-corrected chi connectivity index (χ3v) is 0. The Morgan fingerprint density at radius 1 is 0.444 bits per heavy atom. The molecule has 0 aliphatic rings. The summed E-state index contributed by atoms with van der Waals surface area (Å²) in [6.07, 6.45) is 0. The van der Waals surface area contributed by atoms with E-state index in [2.05, 4.69) is 0 Å². The molecule has 0 bridgehead atoms. The van der Waals surface area contributed by atoms with Crippen molar-refractivity contribution >= 4 is 23.1 Å².